The molecule has 1 N–H and O–H groups in total. The SMILES string of the molecule is OC(CCN1CCCC2CCCCC21)c1ccc(F)cn1. The summed E-state index contributed by atoms with van der Waals surface area (Å²) in [7, 11) is 0. The number of fused-ring (bicyclic) bond motifs is 1. The highest BCUT2D eigenvalue weighted by Crippen LogP contribution is 2.35. The first-order valence-electron chi connectivity index (χ1n) is 8.27. The molecular weight excluding hydrogens is 267 g/mol. The smallest absolute Gasteiger partial charge is 0.141 e. The Morgan fingerprint density at radius 3 is 2.86 bits per heavy atom. The van der Waals surface area contributed by atoms with Gasteiger partial charge in [0.1, 0.15) is 5.82 Å². The molecule has 4 heteroatoms. The Bertz CT molecular complexity index is 449. The van der Waals surface area contributed by atoms with Crippen LogP contribution in [-0.2, 0) is 0 Å². The molecule has 3 unspecified atom stereocenters. The zero-order valence-electron chi connectivity index (χ0n) is 12.5. The second-order valence-corrected chi connectivity index (χ2v) is 6.50. The molecule has 0 bridgehead atoms. The zero-order chi connectivity index (χ0) is 14.7. The summed E-state index contributed by atoms with van der Waals surface area (Å²) in [5, 5.41) is 10.2. The van der Waals surface area contributed by atoms with Crippen molar-refractivity contribution in [1.82, 2.24) is 9.88 Å². The summed E-state index contributed by atoms with van der Waals surface area (Å²) >= 11 is 0. The molecule has 0 aromatic carbocycles. The van der Waals surface area contributed by atoms with E-state index >= 15 is 0 Å². The van der Waals surface area contributed by atoms with E-state index in [4.69, 9.17) is 0 Å². The topological polar surface area (TPSA) is 36.4 Å². The Kier molecular flexibility index (Phi) is 4.86. The van der Waals surface area contributed by atoms with Crippen LogP contribution in [0, 0.1) is 11.7 Å². The average molecular weight is 292 g/mol. The number of pyridine rings is 1. The number of piperidine rings is 1. The number of nitrogens with zero attached hydrogens (tertiary/aromatic N) is 2. The van der Waals surface area contributed by atoms with Crippen molar-refractivity contribution >= 4 is 0 Å². The van der Waals surface area contributed by atoms with Crippen LogP contribution in [0.5, 0.6) is 0 Å². The molecule has 116 valence electrons. The van der Waals surface area contributed by atoms with Crippen molar-refractivity contribution in [2.24, 2.45) is 5.92 Å². The van der Waals surface area contributed by atoms with Crippen molar-refractivity contribution in [2.75, 3.05) is 13.1 Å². The first-order chi connectivity index (χ1) is 10.2. The molecule has 21 heavy (non-hydrogen) atoms. The fourth-order valence-corrected chi connectivity index (χ4v) is 4.03. The molecule has 1 aliphatic heterocycles. The molecule has 1 aromatic heterocycles. The first kappa shape index (κ1) is 14.9. The quantitative estimate of drug-likeness (QED) is 0.925. The third-order valence-electron chi connectivity index (χ3n) is 5.14. The standard InChI is InChI=1S/C17H25FN2O/c18-14-7-8-15(19-12-14)17(21)9-11-20-10-3-5-13-4-1-2-6-16(13)20/h7-8,12-13,16-17,21H,1-6,9-11H2. The Morgan fingerprint density at radius 1 is 1.24 bits per heavy atom. The average Bonchev–Trinajstić information content (AvgIpc) is 2.53. The van der Waals surface area contributed by atoms with Gasteiger partial charge < -0.3 is 10.0 Å². The van der Waals surface area contributed by atoms with E-state index in [-0.39, 0.29) is 5.82 Å². The minimum absolute atomic E-state index is 0.355. The van der Waals surface area contributed by atoms with Crippen molar-refractivity contribution in [1.29, 1.82) is 0 Å². The largest absolute Gasteiger partial charge is 0.387 e. The maximum Gasteiger partial charge on any atom is 0.141 e. The van der Waals surface area contributed by atoms with Gasteiger partial charge in [0.05, 0.1) is 18.0 Å². The summed E-state index contributed by atoms with van der Waals surface area (Å²) in [5.41, 5.74) is 0.577. The highest BCUT2D eigenvalue weighted by Gasteiger charge is 2.33. The molecule has 0 amide bonds. The predicted octanol–water partition coefficient (Wildman–Crippen LogP) is 3.30. The van der Waals surface area contributed by atoms with Gasteiger partial charge in [0.2, 0.25) is 0 Å². The highest BCUT2D eigenvalue weighted by molar-refractivity contribution is 5.08. The lowest BCUT2D eigenvalue weighted by Gasteiger charge is -2.44. The lowest BCUT2D eigenvalue weighted by molar-refractivity contribution is 0.0449. The molecule has 0 spiro atoms. The van der Waals surface area contributed by atoms with Gasteiger partial charge in [-0.2, -0.15) is 0 Å². The molecule has 2 heterocycles. The fraction of sp³-hybridized carbons (Fsp3) is 0.706. The second-order valence-electron chi connectivity index (χ2n) is 6.50. The number of aromatic nitrogens is 1. The lowest BCUT2D eigenvalue weighted by atomic mass is 9.78. The second kappa shape index (κ2) is 6.84. The maximum atomic E-state index is 12.9. The van der Waals surface area contributed by atoms with Crippen LogP contribution in [0.3, 0.4) is 0 Å². The van der Waals surface area contributed by atoms with E-state index in [1.165, 1.54) is 50.8 Å². The molecule has 1 aromatic rings. The van der Waals surface area contributed by atoms with Crippen molar-refractivity contribution in [2.45, 2.75) is 57.1 Å². The van der Waals surface area contributed by atoms with Gasteiger partial charge in [0.25, 0.3) is 0 Å². The Balaban J connectivity index is 1.55. The highest BCUT2D eigenvalue weighted by atomic mass is 19.1. The fourth-order valence-electron chi connectivity index (χ4n) is 4.03. The van der Waals surface area contributed by atoms with Crippen LogP contribution in [0.15, 0.2) is 18.3 Å². The van der Waals surface area contributed by atoms with Crippen molar-refractivity contribution in [3.8, 4) is 0 Å². The number of aliphatic hydroxyl groups excluding tert-OH is 1. The number of likely N-dealkylation sites (tertiary alicyclic amines) is 1. The molecule has 2 aliphatic rings. The summed E-state index contributed by atoms with van der Waals surface area (Å²) in [6, 6.07) is 3.67. The van der Waals surface area contributed by atoms with Crippen molar-refractivity contribution < 1.29 is 9.50 Å². The van der Waals surface area contributed by atoms with Crippen LogP contribution in [0.2, 0.25) is 0 Å². The first-order valence-corrected chi connectivity index (χ1v) is 8.27. The van der Waals surface area contributed by atoms with Gasteiger partial charge >= 0.3 is 0 Å². The number of rotatable bonds is 4. The van der Waals surface area contributed by atoms with Crippen LogP contribution >= 0.6 is 0 Å². The number of aliphatic hydroxyl groups is 1. The predicted molar refractivity (Wildman–Crippen MR) is 80.3 cm³/mol. The molecule has 3 rings (SSSR count). The van der Waals surface area contributed by atoms with E-state index in [1.807, 2.05) is 0 Å². The van der Waals surface area contributed by atoms with E-state index in [0.29, 0.717) is 12.1 Å². The van der Waals surface area contributed by atoms with E-state index < -0.39 is 6.10 Å². The Morgan fingerprint density at radius 2 is 2.05 bits per heavy atom. The summed E-state index contributed by atoms with van der Waals surface area (Å²) in [6.45, 7) is 2.08. The Labute approximate surface area is 126 Å². The summed E-state index contributed by atoms with van der Waals surface area (Å²) < 4.78 is 12.9. The monoisotopic (exact) mass is 292 g/mol. The van der Waals surface area contributed by atoms with E-state index in [1.54, 1.807) is 6.07 Å². The van der Waals surface area contributed by atoms with Gasteiger partial charge in [0, 0.05) is 12.6 Å². The third kappa shape index (κ3) is 3.61. The zero-order valence-corrected chi connectivity index (χ0v) is 12.5. The lowest BCUT2D eigenvalue weighted by Crippen LogP contribution is -2.47. The molecule has 1 saturated heterocycles. The summed E-state index contributed by atoms with van der Waals surface area (Å²) in [6.07, 6.45) is 9.36. The Hall–Kier alpha value is -1.00. The van der Waals surface area contributed by atoms with Crippen molar-refractivity contribution in [3.05, 3.63) is 29.8 Å². The van der Waals surface area contributed by atoms with Crippen LogP contribution < -0.4 is 0 Å². The molecule has 2 fully saturated rings. The number of hydrogen-bond acceptors (Lipinski definition) is 3. The van der Waals surface area contributed by atoms with Gasteiger partial charge in [0.15, 0.2) is 0 Å². The van der Waals surface area contributed by atoms with E-state index in [0.717, 1.165) is 25.0 Å². The molecule has 1 saturated carbocycles. The van der Waals surface area contributed by atoms with Crippen LogP contribution in [0.25, 0.3) is 0 Å². The van der Waals surface area contributed by atoms with Gasteiger partial charge in [-0.05, 0) is 56.7 Å². The molecule has 3 atom stereocenters. The minimum atomic E-state index is -0.588. The normalized spacial score (nSPS) is 28.1. The molecular formula is C17H25FN2O. The molecule has 3 nitrogen and oxygen atoms in total. The maximum absolute atomic E-state index is 12.9. The third-order valence-corrected chi connectivity index (χ3v) is 5.14. The molecule has 1 aliphatic carbocycles. The van der Waals surface area contributed by atoms with Crippen LogP contribution in [-0.4, -0.2) is 34.1 Å². The summed E-state index contributed by atoms with van der Waals surface area (Å²) in [5.74, 6) is 0.514. The van der Waals surface area contributed by atoms with E-state index in [9.17, 15) is 9.50 Å². The van der Waals surface area contributed by atoms with Gasteiger partial charge in [-0.3, -0.25) is 4.98 Å². The van der Waals surface area contributed by atoms with Crippen LogP contribution in [0.4, 0.5) is 4.39 Å². The van der Waals surface area contributed by atoms with Gasteiger partial charge in [-0.1, -0.05) is 12.8 Å². The van der Waals surface area contributed by atoms with Gasteiger partial charge in [-0.15, -0.1) is 0 Å². The van der Waals surface area contributed by atoms with Crippen molar-refractivity contribution in [3.63, 3.8) is 0 Å². The van der Waals surface area contributed by atoms with Gasteiger partial charge in [-0.25, -0.2) is 4.39 Å². The number of hydrogen-bond donors (Lipinski definition) is 1. The summed E-state index contributed by atoms with van der Waals surface area (Å²) in [4.78, 5) is 6.55. The van der Waals surface area contributed by atoms with E-state index in [2.05, 4.69) is 9.88 Å². The minimum Gasteiger partial charge on any atom is -0.387 e. The van der Waals surface area contributed by atoms with Crippen LogP contribution in [0.1, 0.15) is 56.7 Å². The molecule has 0 radical (unpaired) electrons. The number of halogens is 1.